The highest BCUT2D eigenvalue weighted by Gasteiger charge is 2.26. The monoisotopic (exact) mass is 1120 g/mol. The van der Waals surface area contributed by atoms with Gasteiger partial charge in [-0.2, -0.15) is 0 Å². The van der Waals surface area contributed by atoms with Gasteiger partial charge in [-0.1, -0.05) is 263 Å². The maximum Gasteiger partial charge on any atom is 0.472 e. The van der Waals surface area contributed by atoms with Gasteiger partial charge in [0, 0.05) is 19.4 Å². The molecule has 0 aliphatic carbocycles. The Morgan fingerprint density at radius 1 is 0.392 bits per heavy atom. The maximum absolute atomic E-state index is 12.7. The molecule has 0 heterocycles. The minimum atomic E-state index is -4.41. The zero-order chi connectivity index (χ0) is 57.3. The maximum atomic E-state index is 12.7. The molecule has 3 N–H and O–H groups in total. The molecule has 0 aliphatic rings. The first-order valence-electron chi connectivity index (χ1n) is 31.7. The molecule has 450 valence electrons. The molecule has 0 aliphatic heterocycles. The fourth-order valence-electron chi connectivity index (χ4n) is 8.36. The third kappa shape index (κ3) is 63.2. The lowest BCUT2D eigenvalue weighted by Gasteiger charge is -2.19. The highest BCUT2D eigenvalue weighted by Crippen LogP contribution is 2.43. The molecule has 0 radical (unpaired) electrons. The summed E-state index contributed by atoms with van der Waals surface area (Å²) in [5, 5.41) is 0. The number of nitrogens with two attached hydrogens (primary N) is 1. The molecule has 2 atom stereocenters. The van der Waals surface area contributed by atoms with Gasteiger partial charge in [0.2, 0.25) is 0 Å². The number of carbonyl (C=O) groups is 2. The van der Waals surface area contributed by atoms with Crippen molar-refractivity contribution in [3.05, 3.63) is 134 Å². The van der Waals surface area contributed by atoms with Crippen LogP contribution in [-0.2, 0) is 32.7 Å². The third-order valence-electron chi connectivity index (χ3n) is 13.0. The van der Waals surface area contributed by atoms with E-state index in [2.05, 4.69) is 148 Å². The summed E-state index contributed by atoms with van der Waals surface area (Å²) < 4.78 is 33.1. The fourth-order valence-corrected chi connectivity index (χ4v) is 9.13. The largest absolute Gasteiger partial charge is 0.472 e. The summed E-state index contributed by atoms with van der Waals surface area (Å²) in [6.07, 6.45) is 89.5. The zero-order valence-electron chi connectivity index (χ0n) is 50.3. The average Bonchev–Trinajstić information content (AvgIpc) is 3.44. The van der Waals surface area contributed by atoms with Gasteiger partial charge in [0.05, 0.1) is 13.2 Å². The van der Waals surface area contributed by atoms with Crippen molar-refractivity contribution in [3.63, 3.8) is 0 Å². The van der Waals surface area contributed by atoms with Crippen LogP contribution in [0.15, 0.2) is 134 Å². The summed E-state index contributed by atoms with van der Waals surface area (Å²) in [6, 6.07) is 0. The van der Waals surface area contributed by atoms with Crippen LogP contribution >= 0.6 is 7.82 Å². The highest BCUT2D eigenvalue weighted by atomic mass is 31.2. The molecule has 0 spiro atoms. The number of ether oxygens (including phenoxy) is 2. The standard InChI is InChI=1S/C69H116NO8P/c1-3-5-7-9-11-13-15-17-19-21-23-25-27-29-31-32-33-34-36-38-40-42-44-46-48-50-52-54-56-58-60-62-69(72)78-67(66-77-79(73,74)76-64-63-70)65-75-68(71)61-59-57-55-53-51-49-47-45-43-41-39-37-35-30-28-26-24-22-20-18-16-14-12-10-8-6-4-2/h5,7,11,13,16-19,22-25,29,31,33-34,38,40,44,46,50,52,67H,3-4,6,8-10,12,14-15,20-21,26-28,30,32,35-37,39,41-43,45,47-49,51,53-66,70H2,1-2H3,(H,73,74)/b7-5-,13-11-,18-16-,19-17-,24-22-,25-23-,31-29-,34-33-,40-38-,46-44-,52-50-. The summed E-state index contributed by atoms with van der Waals surface area (Å²) in [4.78, 5) is 35.3. The molecule has 0 rings (SSSR count). The number of carbonyl (C=O) groups excluding carboxylic acids is 2. The van der Waals surface area contributed by atoms with Gasteiger partial charge in [0.1, 0.15) is 6.61 Å². The van der Waals surface area contributed by atoms with E-state index in [0.29, 0.717) is 6.42 Å². The van der Waals surface area contributed by atoms with Crippen molar-refractivity contribution in [2.75, 3.05) is 26.4 Å². The van der Waals surface area contributed by atoms with Crippen molar-refractivity contribution in [3.8, 4) is 0 Å². The number of phosphoric ester groups is 1. The Bertz CT molecular complexity index is 1750. The third-order valence-corrected chi connectivity index (χ3v) is 14.0. The van der Waals surface area contributed by atoms with E-state index in [1.807, 2.05) is 0 Å². The number of hydrogen-bond acceptors (Lipinski definition) is 8. The Hall–Kier alpha value is -3.85. The van der Waals surface area contributed by atoms with Gasteiger partial charge in [-0.15, -0.1) is 0 Å². The first-order chi connectivity index (χ1) is 38.8. The van der Waals surface area contributed by atoms with Crippen LogP contribution in [0.2, 0.25) is 0 Å². The lowest BCUT2D eigenvalue weighted by molar-refractivity contribution is -0.161. The average molecular weight is 1120 g/mol. The molecule has 10 heteroatoms. The predicted molar refractivity (Wildman–Crippen MR) is 339 cm³/mol. The lowest BCUT2D eigenvalue weighted by Crippen LogP contribution is -2.29. The topological polar surface area (TPSA) is 134 Å². The van der Waals surface area contributed by atoms with Crippen LogP contribution in [0.1, 0.15) is 258 Å². The first kappa shape index (κ1) is 75.2. The van der Waals surface area contributed by atoms with Gasteiger partial charge in [0.15, 0.2) is 6.10 Å². The van der Waals surface area contributed by atoms with E-state index < -0.39 is 32.5 Å². The van der Waals surface area contributed by atoms with Crippen molar-refractivity contribution in [1.82, 2.24) is 0 Å². The van der Waals surface area contributed by atoms with E-state index in [4.69, 9.17) is 24.3 Å². The van der Waals surface area contributed by atoms with Crippen LogP contribution in [0.25, 0.3) is 0 Å². The number of phosphoric acid groups is 1. The number of hydrogen-bond donors (Lipinski definition) is 2. The quantitative estimate of drug-likeness (QED) is 0.0264. The summed E-state index contributed by atoms with van der Waals surface area (Å²) in [5.74, 6) is -0.870. The van der Waals surface area contributed by atoms with Gasteiger partial charge in [-0.3, -0.25) is 18.6 Å². The number of unbranched alkanes of at least 4 members (excludes halogenated alkanes) is 23. The second kappa shape index (κ2) is 63.3. The minimum absolute atomic E-state index is 0.0410. The van der Waals surface area contributed by atoms with Crippen LogP contribution in [0.5, 0.6) is 0 Å². The van der Waals surface area contributed by atoms with Crippen LogP contribution in [-0.4, -0.2) is 49.3 Å². The molecule has 0 aromatic rings. The molecular weight excluding hydrogens is 1000 g/mol. The molecule has 79 heavy (non-hydrogen) atoms. The van der Waals surface area contributed by atoms with Crippen molar-refractivity contribution in [2.24, 2.45) is 5.73 Å². The number of rotatable bonds is 58. The van der Waals surface area contributed by atoms with Crippen LogP contribution in [0, 0.1) is 0 Å². The number of allylic oxidation sites excluding steroid dienone is 22. The van der Waals surface area contributed by atoms with Gasteiger partial charge in [0.25, 0.3) is 0 Å². The first-order valence-corrected chi connectivity index (χ1v) is 33.2. The molecule has 0 saturated carbocycles. The Balaban J connectivity index is 4.05. The van der Waals surface area contributed by atoms with Crippen molar-refractivity contribution in [2.45, 2.75) is 264 Å². The van der Waals surface area contributed by atoms with Gasteiger partial charge >= 0.3 is 19.8 Å². The van der Waals surface area contributed by atoms with Gasteiger partial charge < -0.3 is 20.1 Å². The fraction of sp³-hybridized carbons (Fsp3) is 0.652. The zero-order valence-corrected chi connectivity index (χ0v) is 51.2. The predicted octanol–water partition coefficient (Wildman–Crippen LogP) is 20.5. The Kier molecular flexibility index (Phi) is 60.2. The molecule has 0 saturated heterocycles. The van der Waals surface area contributed by atoms with E-state index in [1.54, 1.807) is 0 Å². The van der Waals surface area contributed by atoms with E-state index >= 15 is 0 Å². The molecule has 0 fully saturated rings. The van der Waals surface area contributed by atoms with E-state index in [-0.39, 0.29) is 32.6 Å². The van der Waals surface area contributed by atoms with E-state index in [1.165, 1.54) is 122 Å². The van der Waals surface area contributed by atoms with Gasteiger partial charge in [-0.25, -0.2) is 4.57 Å². The summed E-state index contributed by atoms with van der Waals surface area (Å²) in [5.41, 5.74) is 5.39. The molecule has 9 nitrogen and oxygen atoms in total. The smallest absolute Gasteiger partial charge is 0.462 e. The van der Waals surface area contributed by atoms with E-state index in [0.717, 1.165) is 103 Å². The Morgan fingerprint density at radius 3 is 1.05 bits per heavy atom. The van der Waals surface area contributed by atoms with Crippen molar-refractivity contribution in [1.29, 1.82) is 0 Å². The summed E-state index contributed by atoms with van der Waals surface area (Å²) >= 11 is 0. The number of esters is 2. The minimum Gasteiger partial charge on any atom is -0.462 e. The molecule has 0 amide bonds. The van der Waals surface area contributed by atoms with E-state index in [9.17, 15) is 19.0 Å². The van der Waals surface area contributed by atoms with Crippen molar-refractivity contribution < 1.29 is 37.6 Å². The van der Waals surface area contributed by atoms with Crippen LogP contribution < -0.4 is 5.73 Å². The molecular formula is C69H116NO8P. The lowest BCUT2D eigenvalue weighted by atomic mass is 10.0. The summed E-state index contributed by atoms with van der Waals surface area (Å²) in [6.45, 7) is 3.58. The Morgan fingerprint density at radius 2 is 0.696 bits per heavy atom. The molecule has 2 unspecified atom stereocenters. The SMILES string of the molecule is CC/C=C\C/C=C\C/C=C\C/C=C\C/C=C\C/C=C\C/C=C\C/C=C\C/C=C\CCCCCC(=O)OC(COC(=O)CCCCCCCCCCCCCCCCC/C=C\C/C=C\CCCCCCC)COP(=O)(O)OCCN. The molecule has 0 aromatic heterocycles. The molecule has 0 bridgehead atoms. The second-order valence-electron chi connectivity index (χ2n) is 20.5. The molecule has 0 aromatic carbocycles. The van der Waals surface area contributed by atoms with Crippen molar-refractivity contribution >= 4 is 19.8 Å². The second-order valence-corrected chi connectivity index (χ2v) is 22.0. The highest BCUT2D eigenvalue weighted by molar-refractivity contribution is 7.47. The van der Waals surface area contributed by atoms with Crippen LogP contribution in [0.3, 0.4) is 0 Å². The normalized spacial score (nSPS) is 13.9. The Labute approximate surface area is 484 Å². The summed E-state index contributed by atoms with van der Waals surface area (Å²) in [7, 11) is -4.41. The van der Waals surface area contributed by atoms with Crippen LogP contribution in [0.4, 0.5) is 0 Å². The van der Waals surface area contributed by atoms with Gasteiger partial charge in [-0.05, 0) is 116 Å².